The van der Waals surface area contributed by atoms with Crippen molar-refractivity contribution in [2.45, 2.75) is 58.7 Å². The molecule has 1 aromatic rings. The van der Waals surface area contributed by atoms with Gasteiger partial charge < -0.3 is 10.6 Å². The van der Waals surface area contributed by atoms with Crippen molar-refractivity contribution in [2.75, 3.05) is 19.6 Å². The quantitative estimate of drug-likeness (QED) is 0.836. The molecule has 2 atom stereocenters. The first kappa shape index (κ1) is 18.9. The number of hydrogen-bond donors (Lipinski definition) is 1. The molecule has 2 N–H and O–H groups in total. The van der Waals surface area contributed by atoms with Crippen LogP contribution in [0.2, 0.25) is 0 Å². The van der Waals surface area contributed by atoms with Crippen LogP contribution in [0.3, 0.4) is 0 Å². The molecular weight excluding hydrogens is 298 g/mol. The van der Waals surface area contributed by atoms with Gasteiger partial charge >= 0.3 is 0 Å². The molecule has 0 bridgehead atoms. The maximum absolute atomic E-state index is 12.8. The molecule has 1 saturated heterocycles. The number of likely N-dealkylation sites (tertiary alicyclic amines) is 1. The van der Waals surface area contributed by atoms with Gasteiger partial charge in [0.25, 0.3) is 0 Å². The molecule has 1 aromatic carbocycles. The highest BCUT2D eigenvalue weighted by Gasteiger charge is 2.31. The molecule has 0 saturated carbocycles. The van der Waals surface area contributed by atoms with E-state index in [1.807, 2.05) is 13.8 Å². The summed E-state index contributed by atoms with van der Waals surface area (Å²) >= 11 is 0. The van der Waals surface area contributed by atoms with Crippen molar-refractivity contribution >= 4 is 5.91 Å². The summed E-state index contributed by atoms with van der Waals surface area (Å²) in [6.45, 7) is 9.95. The van der Waals surface area contributed by atoms with Gasteiger partial charge in [-0.2, -0.15) is 0 Å². The van der Waals surface area contributed by atoms with Crippen LogP contribution in [0.4, 0.5) is 0 Å². The fourth-order valence-corrected chi connectivity index (χ4v) is 3.40. The molecule has 1 aliphatic rings. The third kappa shape index (κ3) is 5.05. The van der Waals surface area contributed by atoms with Gasteiger partial charge in [-0.15, -0.1) is 0 Å². The van der Waals surface area contributed by atoms with Crippen molar-refractivity contribution in [3.63, 3.8) is 0 Å². The van der Waals surface area contributed by atoms with Gasteiger partial charge in [0.1, 0.15) is 0 Å². The molecule has 1 fully saturated rings. The van der Waals surface area contributed by atoms with Gasteiger partial charge in [0.2, 0.25) is 5.91 Å². The Morgan fingerprint density at radius 1 is 1.29 bits per heavy atom. The van der Waals surface area contributed by atoms with Gasteiger partial charge in [-0.3, -0.25) is 9.69 Å². The second-order valence-corrected chi connectivity index (χ2v) is 7.26. The first-order valence-electron chi connectivity index (χ1n) is 9.35. The van der Waals surface area contributed by atoms with E-state index in [0.29, 0.717) is 6.04 Å². The van der Waals surface area contributed by atoms with E-state index in [4.69, 9.17) is 5.73 Å². The van der Waals surface area contributed by atoms with E-state index in [9.17, 15) is 4.79 Å². The van der Waals surface area contributed by atoms with Crippen molar-refractivity contribution in [1.82, 2.24) is 9.80 Å². The number of amides is 1. The second kappa shape index (κ2) is 9.19. The summed E-state index contributed by atoms with van der Waals surface area (Å²) in [4.78, 5) is 17.3. The summed E-state index contributed by atoms with van der Waals surface area (Å²) in [5.41, 5.74) is 7.46. The summed E-state index contributed by atoms with van der Waals surface area (Å²) in [6, 6.07) is 10.5. The minimum atomic E-state index is -0.380. The number of piperidine rings is 1. The van der Waals surface area contributed by atoms with Gasteiger partial charge in [-0.1, -0.05) is 51.1 Å². The van der Waals surface area contributed by atoms with Crippen molar-refractivity contribution in [3.05, 3.63) is 35.9 Å². The molecule has 0 unspecified atom stereocenters. The van der Waals surface area contributed by atoms with Crippen LogP contribution in [0.1, 0.15) is 45.6 Å². The highest BCUT2D eigenvalue weighted by molar-refractivity contribution is 5.82. The topological polar surface area (TPSA) is 49.6 Å². The Morgan fingerprint density at radius 3 is 2.62 bits per heavy atom. The molecule has 1 amide bonds. The second-order valence-electron chi connectivity index (χ2n) is 7.26. The van der Waals surface area contributed by atoms with Crippen LogP contribution in [0.5, 0.6) is 0 Å². The summed E-state index contributed by atoms with van der Waals surface area (Å²) in [5.74, 6) is 0.317. The van der Waals surface area contributed by atoms with Crippen molar-refractivity contribution in [2.24, 2.45) is 11.7 Å². The van der Waals surface area contributed by atoms with Gasteiger partial charge in [0.15, 0.2) is 0 Å². The van der Waals surface area contributed by atoms with Crippen LogP contribution in [-0.4, -0.2) is 47.4 Å². The first-order chi connectivity index (χ1) is 11.5. The zero-order chi connectivity index (χ0) is 17.5. The largest absolute Gasteiger partial charge is 0.337 e. The molecule has 134 valence electrons. The van der Waals surface area contributed by atoms with Crippen LogP contribution in [-0.2, 0) is 11.3 Å². The van der Waals surface area contributed by atoms with Gasteiger partial charge in [-0.05, 0) is 37.3 Å². The molecule has 1 heterocycles. The predicted octanol–water partition coefficient (Wildman–Crippen LogP) is 2.87. The molecule has 2 rings (SSSR count). The van der Waals surface area contributed by atoms with Crippen molar-refractivity contribution in [3.8, 4) is 0 Å². The van der Waals surface area contributed by atoms with E-state index in [-0.39, 0.29) is 17.9 Å². The standard InChI is InChI=1S/C20H33N3O/c1-4-22(14-17-10-6-5-7-11-17)15-18-12-8-9-13-23(18)20(24)19(21)16(2)3/h5-7,10-11,16,18-19H,4,8-9,12-15,21H2,1-3H3/t18-,19+/m1/s1. The van der Waals surface area contributed by atoms with Gasteiger partial charge in [-0.25, -0.2) is 0 Å². The molecule has 0 spiro atoms. The van der Waals surface area contributed by atoms with Crippen LogP contribution in [0, 0.1) is 5.92 Å². The number of nitrogens with zero attached hydrogens (tertiary/aromatic N) is 2. The number of hydrogen-bond acceptors (Lipinski definition) is 3. The lowest BCUT2D eigenvalue weighted by Gasteiger charge is -2.40. The minimum Gasteiger partial charge on any atom is -0.337 e. The predicted molar refractivity (Wildman–Crippen MR) is 99.6 cm³/mol. The lowest BCUT2D eigenvalue weighted by molar-refractivity contribution is -0.137. The molecule has 0 aromatic heterocycles. The highest BCUT2D eigenvalue weighted by Crippen LogP contribution is 2.21. The fraction of sp³-hybridized carbons (Fsp3) is 0.650. The Bertz CT molecular complexity index is 503. The Morgan fingerprint density at radius 2 is 2.00 bits per heavy atom. The zero-order valence-electron chi connectivity index (χ0n) is 15.4. The molecular formula is C20H33N3O. The molecule has 1 aliphatic heterocycles. The average Bonchev–Trinajstić information content (AvgIpc) is 2.61. The summed E-state index contributed by atoms with van der Waals surface area (Å²) in [7, 11) is 0. The van der Waals surface area contributed by atoms with Crippen molar-refractivity contribution in [1.29, 1.82) is 0 Å². The molecule has 24 heavy (non-hydrogen) atoms. The first-order valence-corrected chi connectivity index (χ1v) is 9.35. The Hall–Kier alpha value is -1.39. The van der Waals surface area contributed by atoms with Gasteiger partial charge in [0, 0.05) is 25.7 Å². The van der Waals surface area contributed by atoms with Crippen LogP contribution in [0.25, 0.3) is 0 Å². The third-order valence-electron chi connectivity index (χ3n) is 5.08. The zero-order valence-corrected chi connectivity index (χ0v) is 15.4. The van der Waals surface area contributed by atoms with Gasteiger partial charge in [0.05, 0.1) is 6.04 Å². The number of likely N-dealkylation sites (N-methyl/N-ethyl adjacent to an activating group) is 1. The number of carbonyl (C=O) groups is 1. The smallest absolute Gasteiger partial charge is 0.240 e. The lowest BCUT2D eigenvalue weighted by Crippen LogP contribution is -2.55. The molecule has 0 aliphatic carbocycles. The van der Waals surface area contributed by atoms with Crippen LogP contribution in [0.15, 0.2) is 30.3 Å². The lowest BCUT2D eigenvalue weighted by atomic mass is 9.97. The number of rotatable bonds is 7. The Kier molecular flexibility index (Phi) is 7.25. The monoisotopic (exact) mass is 331 g/mol. The van der Waals surface area contributed by atoms with Crippen LogP contribution < -0.4 is 5.73 Å². The van der Waals surface area contributed by atoms with E-state index >= 15 is 0 Å². The third-order valence-corrected chi connectivity index (χ3v) is 5.08. The van der Waals surface area contributed by atoms with E-state index < -0.39 is 0 Å². The van der Waals surface area contributed by atoms with Crippen LogP contribution >= 0.6 is 0 Å². The SMILES string of the molecule is CCN(Cc1ccccc1)C[C@H]1CCCCN1C(=O)[C@@H](N)C(C)C. The van der Waals surface area contributed by atoms with E-state index in [0.717, 1.165) is 39.0 Å². The normalized spacial score (nSPS) is 19.8. The van der Waals surface area contributed by atoms with E-state index in [1.165, 1.54) is 12.0 Å². The molecule has 0 radical (unpaired) electrons. The number of benzene rings is 1. The minimum absolute atomic E-state index is 0.130. The van der Waals surface area contributed by atoms with Crippen molar-refractivity contribution < 1.29 is 4.79 Å². The summed E-state index contributed by atoms with van der Waals surface area (Å²) in [6.07, 6.45) is 3.38. The highest BCUT2D eigenvalue weighted by atomic mass is 16.2. The van der Waals surface area contributed by atoms with E-state index in [1.54, 1.807) is 0 Å². The molecule has 4 heteroatoms. The summed E-state index contributed by atoms with van der Waals surface area (Å²) in [5, 5.41) is 0. The Balaban J connectivity index is 2.02. The Labute approximate surface area is 147 Å². The fourth-order valence-electron chi connectivity index (χ4n) is 3.40. The maximum Gasteiger partial charge on any atom is 0.240 e. The average molecular weight is 332 g/mol. The number of nitrogens with two attached hydrogens (primary N) is 1. The number of carbonyl (C=O) groups excluding carboxylic acids is 1. The molecule has 4 nitrogen and oxygen atoms in total. The maximum atomic E-state index is 12.8. The van der Waals surface area contributed by atoms with E-state index in [2.05, 4.69) is 47.1 Å². The summed E-state index contributed by atoms with van der Waals surface area (Å²) < 4.78 is 0.